The summed E-state index contributed by atoms with van der Waals surface area (Å²) in [6.07, 6.45) is -1.36. The van der Waals surface area contributed by atoms with E-state index in [2.05, 4.69) is 35.7 Å². The number of likely N-dealkylation sites (tertiary alicyclic amines) is 1. The van der Waals surface area contributed by atoms with E-state index in [-0.39, 0.29) is 23.7 Å². The number of carbonyl (C=O) groups is 1. The van der Waals surface area contributed by atoms with Crippen LogP contribution in [0.2, 0.25) is 0 Å². The number of hydrogen-bond donors (Lipinski definition) is 3. The normalized spacial score (nSPS) is 18.3. The van der Waals surface area contributed by atoms with E-state index < -0.39 is 24.5 Å². The van der Waals surface area contributed by atoms with Crippen molar-refractivity contribution in [3.8, 4) is 22.8 Å². The SMILES string of the molecule is COc1cc(C(=O)NC2CCN(C)CC2)ccc1NC1=NCC(C(F)(F)F)C(Oc2ccccc2-c2ccn[nH]2)=N1. The maximum Gasteiger partial charge on any atom is 0.402 e. The molecule has 3 aromatic rings. The lowest BCUT2D eigenvalue weighted by Crippen LogP contribution is -2.43. The van der Waals surface area contributed by atoms with E-state index in [0.717, 1.165) is 25.9 Å². The summed E-state index contributed by atoms with van der Waals surface area (Å²) in [5.74, 6) is -2.39. The third kappa shape index (κ3) is 6.68. The van der Waals surface area contributed by atoms with Crippen molar-refractivity contribution in [1.29, 1.82) is 0 Å². The van der Waals surface area contributed by atoms with Crippen LogP contribution in [-0.4, -0.2) is 78.9 Å². The van der Waals surface area contributed by atoms with Gasteiger partial charge in [0.15, 0.2) is 5.92 Å². The summed E-state index contributed by atoms with van der Waals surface area (Å²) in [6.45, 7) is 1.21. The van der Waals surface area contributed by atoms with Gasteiger partial charge in [-0.05, 0) is 69.4 Å². The van der Waals surface area contributed by atoms with Crippen molar-refractivity contribution in [1.82, 2.24) is 20.4 Å². The van der Waals surface area contributed by atoms with Gasteiger partial charge in [-0.2, -0.15) is 23.3 Å². The van der Waals surface area contributed by atoms with Crippen LogP contribution in [0.15, 0.2) is 64.7 Å². The maximum absolute atomic E-state index is 13.9. The van der Waals surface area contributed by atoms with Crippen LogP contribution >= 0.6 is 0 Å². The average Bonchev–Trinajstić information content (AvgIpc) is 3.49. The van der Waals surface area contributed by atoms with Crippen LogP contribution in [0.4, 0.5) is 18.9 Å². The number of nitrogens with one attached hydrogen (secondary N) is 3. The molecule has 0 radical (unpaired) electrons. The molecule has 10 nitrogen and oxygen atoms in total. The first-order chi connectivity index (χ1) is 19.7. The highest BCUT2D eigenvalue weighted by Crippen LogP contribution is 2.34. The van der Waals surface area contributed by atoms with E-state index in [1.165, 1.54) is 13.3 Å². The molecule has 0 bridgehead atoms. The second-order valence-corrected chi connectivity index (χ2v) is 9.87. The molecular formula is C28H30F3N7O3. The fraction of sp³-hybridized carbons (Fsp3) is 0.357. The van der Waals surface area contributed by atoms with Crippen LogP contribution in [0.1, 0.15) is 23.2 Å². The fourth-order valence-electron chi connectivity index (χ4n) is 4.65. The second-order valence-electron chi connectivity index (χ2n) is 9.87. The largest absolute Gasteiger partial charge is 0.495 e. The van der Waals surface area contributed by atoms with Crippen LogP contribution in [0.3, 0.4) is 0 Å². The van der Waals surface area contributed by atoms with Gasteiger partial charge >= 0.3 is 6.18 Å². The number of aliphatic imine (C=N–C) groups is 2. The number of benzene rings is 2. The lowest BCUT2D eigenvalue weighted by molar-refractivity contribution is -0.155. The number of alkyl halides is 3. The molecular weight excluding hydrogens is 539 g/mol. The number of guanidine groups is 1. The van der Waals surface area contributed by atoms with Gasteiger partial charge in [-0.25, -0.2) is 4.99 Å². The Morgan fingerprint density at radius 1 is 1.10 bits per heavy atom. The molecule has 1 aromatic heterocycles. The average molecular weight is 570 g/mol. The predicted octanol–water partition coefficient (Wildman–Crippen LogP) is 4.35. The number of carbonyl (C=O) groups excluding carboxylic acids is 1. The number of halogens is 3. The zero-order valence-electron chi connectivity index (χ0n) is 22.5. The number of anilines is 1. The second kappa shape index (κ2) is 12.0. The number of amides is 1. The Morgan fingerprint density at radius 2 is 1.88 bits per heavy atom. The zero-order chi connectivity index (χ0) is 29.0. The molecule has 13 heteroatoms. The summed E-state index contributed by atoms with van der Waals surface area (Å²) in [4.78, 5) is 23.2. The van der Waals surface area contributed by atoms with Crippen LogP contribution < -0.4 is 20.1 Å². The van der Waals surface area contributed by atoms with E-state index >= 15 is 0 Å². The highest BCUT2D eigenvalue weighted by molar-refractivity contribution is 6.05. The van der Waals surface area contributed by atoms with Crippen molar-refractivity contribution in [3.63, 3.8) is 0 Å². The number of aromatic amines is 1. The number of H-pyrrole nitrogens is 1. The summed E-state index contributed by atoms with van der Waals surface area (Å²) in [5.41, 5.74) is 1.89. The van der Waals surface area contributed by atoms with Crippen molar-refractivity contribution in [2.45, 2.75) is 25.1 Å². The first-order valence-corrected chi connectivity index (χ1v) is 13.1. The number of hydrogen-bond acceptors (Lipinski definition) is 8. The van der Waals surface area contributed by atoms with E-state index in [4.69, 9.17) is 9.47 Å². The van der Waals surface area contributed by atoms with Gasteiger partial charge in [-0.15, -0.1) is 0 Å². The highest BCUT2D eigenvalue weighted by Gasteiger charge is 2.46. The Bertz CT molecular complexity index is 1430. The zero-order valence-corrected chi connectivity index (χ0v) is 22.5. The number of aromatic nitrogens is 2. The molecule has 0 spiro atoms. The molecule has 1 amide bonds. The molecule has 1 atom stereocenters. The molecule has 1 saturated heterocycles. The molecule has 5 rings (SSSR count). The molecule has 1 fully saturated rings. The van der Waals surface area contributed by atoms with Crippen LogP contribution in [0.5, 0.6) is 11.5 Å². The standard InChI is InChI=1S/C28H30F3N7O3/c1-38-13-10-18(11-14-38)34-25(39)17-7-8-22(24(15-17)40-2)35-27-32-16-20(28(29,30)31)26(36-27)41-23-6-4-3-5-19(23)21-9-12-33-37-21/h3-9,12,15,18,20H,10-11,13-14,16H2,1-2H3,(H,32,35)(H,33,37)(H,34,39). The molecule has 2 aliphatic heterocycles. The molecule has 41 heavy (non-hydrogen) atoms. The number of rotatable bonds is 6. The van der Waals surface area contributed by atoms with Crippen molar-refractivity contribution >= 4 is 23.5 Å². The number of nitrogens with zero attached hydrogens (tertiary/aromatic N) is 4. The molecule has 2 aromatic carbocycles. The smallest absolute Gasteiger partial charge is 0.402 e. The maximum atomic E-state index is 13.9. The molecule has 0 saturated carbocycles. The van der Waals surface area contributed by atoms with Gasteiger partial charge in [0.05, 0.1) is 25.0 Å². The number of para-hydroxylation sites is 1. The van der Waals surface area contributed by atoms with Gasteiger partial charge in [-0.1, -0.05) is 12.1 Å². The lowest BCUT2D eigenvalue weighted by atomic mass is 10.0. The Morgan fingerprint density at radius 3 is 2.59 bits per heavy atom. The fourth-order valence-corrected chi connectivity index (χ4v) is 4.65. The van der Waals surface area contributed by atoms with Crippen molar-refractivity contribution in [3.05, 3.63) is 60.3 Å². The summed E-state index contributed by atoms with van der Waals surface area (Å²) >= 11 is 0. The Labute approximate surface area is 234 Å². The molecule has 3 heterocycles. The van der Waals surface area contributed by atoms with E-state index in [1.807, 2.05) is 7.05 Å². The summed E-state index contributed by atoms with van der Waals surface area (Å²) in [5, 5.41) is 12.7. The molecule has 1 unspecified atom stereocenters. The van der Waals surface area contributed by atoms with Crippen LogP contribution in [0, 0.1) is 5.92 Å². The minimum atomic E-state index is -4.63. The Hall–Kier alpha value is -4.39. The minimum absolute atomic E-state index is 0.0821. The number of piperidine rings is 1. The van der Waals surface area contributed by atoms with E-state index in [9.17, 15) is 18.0 Å². The van der Waals surface area contributed by atoms with Gasteiger partial charge in [0.2, 0.25) is 11.9 Å². The number of ether oxygens (including phenoxy) is 2. The van der Waals surface area contributed by atoms with Gasteiger partial charge in [0, 0.05) is 23.4 Å². The predicted molar refractivity (Wildman–Crippen MR) is 149 cm³/mol. The van der Waals surface area contributed by atoms with Gasteiger partial charge < -0.3 is 25.0 Å². The Kier molecular flexibility index (Phi) is 8.24. The van der Waals surface area contributed by atoms with Crippen molar-refractivity contribution < 1.29 is 27.4 Å². The Balaban J connectivity index is 1.35. The van der Waals surface area contributed by atoms with Crippen molar-refractivity contribution in [2.75, 3.05) is 39.1 Å². The van der Waals surface area contributed by atoms with Gasteiger partial charge in [-0.3, -0.25) is 9.89 Å². The monoisotopic (exact) mass is 569 g/mol. The van der Waals surface area contributed by atoms with Crippen LogP contribution in [0.25, 0.3) is 11.3 Å². The molecule has 216 valence electrons. The highest BCUT2D eigenvalue weighted by atomic mass is 19.4. The van der Waals surface area contributed by atoms with Crippen LogP contribution in [-0.2, 0) is 0 Å². The topological polar surface area (TPSA) is 116 Å². The minimum Gasteiger partial charge on any atom is -0.495 e. The molecule has 3 N–H and O–H groups in total. The van der Waals surface area contributed by atoms with Gasteiger partial charge in [0.1, 0.15) is 11.5 Å². The summed E-state index contributed by atoms with van der Waals surface area (Å²) in [6, 6.07) is 13.2. The first kappa shape index (κ1) is 28.1. The van der Waals surface area contributed by atoms with Crippen molar-refractivity contribution in [2.24, 2.45) is 15.9 Å². The van der Waals surface area contributed by atoms with E-state index in [1.54, 1.807) is 48.5 Å². The third-order valence-corrected chi connectivity index (χ3v) is 6.99. The van der Waals surface area contributed by atoms with Gasteiger partial charge in [0.25, 0.3) is 5.91 Å². The molecule has 0 aliphatic carbocycles. The summed E-state index contributed by atoms with van der Waals surface area (Å²) < 4.78 is 53.0. The third-order valence-electron chi connectivity index (χ3n) is 6.99. The lowest BCUT2D eigenvalue weighted by Gasteiger charge is -2.29. The summed E-state index contributed by atoms with van der Waals surface area (Å²) in [7, 11) is 3.49. The number of methoxy groups -OCH3 is 1. The first-order valence-electron chi connectivity index (χ1n) is 13.1. The molecule has 2 aliphatic rings. The quantitative estimate of drug-likeness (QED) is 0.407. The van der Waals surface area contributed by atoms with E-state index in [0.29, 0.717) is 28.3 Å².